The smallest absolute Gasteiger partial charge is 0.159 e. The Hall–Kier alpha value is -1.27. The highest BCUT2D eigenvalue weighted by atomic mass is 16.5. The van der Waals surface area contributed by atoms with Gasteiger partial charge in [0.1, 0.15) is 0 Å². The maximum atomic E-state index is 11.4. The number of ketones is 1. The fourth-order valence-corrected chi connectivity index (χ4v) is 5.16. The van der Waals surface area contributed by atoms with Crippen LogP contribution < -0.4 is 0 Å². The van der Waals surface area contributed by atoms with Gasteiger partial charge in [-0.2, -0.15) is 0 Å². The van der Waals surface area contributed by atoms with Crippen molar-refractivity contribution in [3.05, 3.63) is 35.4 Å². The molecule has 0 unspecified atom stereocenters. The number of likely N-dealkylation sites (N-methyl/N-ethyl adjacent to an activating group) is 1. The number of rotatable bonds is 12. The zero-order chi connectivity index (χ0) is 22.8. The average molecular weight is 444 g/mol. The van der Waals surface area contributed by atoms with E-state index < -0.39 is 0 Å². The monoisotopic (exact) mass is 443 g/mol. The van der Waals surface area contributed by atoms with Gasteiger partial charge in [0.05, 0.1) is 0 Å². The highest BCUT2D eigenvalue weighted by Crippen LogP contribution is 2.23. The van der Waals surface area contributed by atoms with E-state index in [2.05, 4.69) is 40.8 Å². The van der Waals surface area contributed by atoms with E-state index in [1.807, 2.05) is 12.1 Å². The molecule has 2 aliphatic heterocycles. The summed E-state index contributed by atoms with van der Waals surface area (Å²) in [6, 6.07) is 8.67. The first-order valence-electron chi connectivity index (χ1n) is 12.8. The SMILES string of the molecule is CC(=O)c1ccc(CN(C)CCN2CC[C@H](COCCCN3CCCCC3)C[C@@H]2C)cc1. The van der Waals surface area contributed by atoms with Crippen molar-refractivity contribution in [2.75, 3.05) is 59.5 Å². The maximum absolute atomic E-state index is 11.4. The molecule has 2 saturated heterocycles. The van der Waals surface area contributed by atoms with Crippen LogP contribution in [0.15, 0.2) is 24.3 Å². The van der Waals surface area contributed by atoms with E-state index in [0.717, 1.165) is 38.4 Å². The molecule has 5 heteroatoms. The van der Waals surface area contributed by atoms with Crippen LogP contribution in [-0.4, -0.2) is 86.1 Å². The number of ether oxygens (including phenoxy) is 1. The number of benzene rings is 1. The normalized spacial score (nSPS) is 23.0. The van der Waals surface area contributed by atoms with Gasteiger partial charge in [0.2, 0.25) is 0 Å². The number of Topliss-reactive ketones (excluding diaryl/α,β-unsaturated/α-hetero) is 1. The number of nitrogens with zero attached hydrogens (tertiary/aromatic N) is 3. The Morgan fingerprint density at radius 2 is 1.84 bits per heavy atom. The lowest BCUT2D eigenvalue weighted by molar-refractivity contribution is 0.0401. The van der Waals surface area contributed by atoms with E-state index in [9.17, 15) is 4.79 Å². The summed E-state index contributed by atoms with van der Waals surface area (Å²) in [5, 5.41) is 0. The number of piperidine rings is 2. The standard InChI is InChI=1S/C27H45N3O2/c1-23-20-26(22-32-19-7-15-29-13-5-4-6-14-29)12-16-30(23)18-17-28(3)21-25-8-10-27(11-9-25)24(2)31/h8-11,23,26H,4-7,12-22H2,1-3H3/t23-,26-/m0/s1. The van der Waals surface area contributed by atoms with Gasteiger partial charge < -0.3 is 14.5 Å². The van der Waals surface area contributed by atoms with E-state index >= 15 is 0 Å². The van der Waals surface area contributed by atoms with Crippen LogP contribution in [0.1, 0.15) is 68.3 Å². The molecule has 180 valence electrons. The van der Waals surface area contributed by atoms with E-state index in [4.69, 9.17) is 4.74 Å². The summed E-state index contributed by atoms with van der Waals surface area (Å²) in [4.78, 5) is 19.1. The first-order chi connectivity index (χ1) is 15.5. The quantitative estimate of drug-likeness (QED) is 0.355. The second-order valence-electron chi connectivity index (χ2n) is 10.1. The Morgan fingerprint density at radius 1 is 1.09 bits per heavy atom. The third kappa shape index (κ3) is 8.58. The molecule has 1 aromatic carbocycles. The molecule has 2 fully saturated rings. The van der Waals surface area contributed by atoms with E-state index in [0.29, 0.717) is 12.0 Å². The molecule has 2 heterocycles. The van der Waals surface area contributed by atoms with Crippen LogP contribution in [0.5, 0.6) is 0 Å². The number of hydrogen-bond donors (Lipinski definition) is 0. The molecule has 0 aromatic heterocycles. The third-order valence-corrected chi connectivity index (χ3v) is 7.27. The molecule has 0 bridgehead atoms. The Bertz CT molecular complexity index is 672. The maximum Gasteiger partial charge on any atom is 0.159 e. The van der Waals surface area contributed by atoms with Crippen LogP contribution >= 0.6 is 0 Å². The van der Waals surface area contributed by atoms with Gasteiger partial charge >= 0.3 is 0 Å². The first kappa shape index (κ1) is 25.4. The molecular weight excluding hydrogens is 398 g/mol. The molecule has 0 spiro atoms. The lowest BCUT2D eigenvalue weighted by Gasteiger charge is -2.38. The molecule has 3 rings (SSSR count). The highest BCUT2D eigenvalue weighted by molar-refractivity contribution is 5.93. The highest BCUT2D eigenvalue weighted by Gasteiger charge is 2.25. The second-order valence-corrected chi connectivity index (χ2v) is 10.1. The van der Waals surface area contributed by atoms with Gasteiger partial charge in [0.25, 0.3) is 0 Å². The lowest BCUT2D eigenvalue weighted by Crippen LogP contribution is -2.44. The minimum atomic E-state index is 0.130. The Morgan fingerprint density at radius 3 is 2.53 bits per heavy atom. The molecule has 0 saturated carbocycles. The van der Waals surface area contributed by atoms with Gasteiger partial charge in [0.15, 0.2) is 5.78 Å². The summed E-state index contributed by atoms with van der Waals surface area (Å²) in [6.45, 7) is 13.9. The van der Waals surface area contributed by atoms with E-state index in [1.54, 1.807) is 6.92 Å². The van der Waals surface area contributed by atoms with Crippen molar-refractivity contribution in [3.8, 4) is 0 Å². The summed E-state index contributed by atoms with van der Waals surface area (Å²) >= 11 is 0. The van der Waals surface area contributed by atoms with Crippen molar-refractivity contribution in [3.63, 3.8) is 0 Å². The first-order valence-corrected chi connectivity index (χ1v) is 12.8. The van der Waals surface area contributed by atoms with Crippen molar-refractivity contribution >= 4 is 5.78 Å². The minimum Gasteiger partial charge on any atom is -0.381 e. The predicted octanol–water partition coefficient (Wildman–Crippen LogP) is 4.31. The van der Waals surface area contributed by atoms with Gasteiger partial charge in [-0.05, 0) is 84.1 Å². The number of carbonyl (C=O) groups is 1. The fraction of sp³-hybridized carbons (Fsp3) is 0.741. The Kier molecular flexibility index (Phi) is 10.6. The molecule has 32 heavy (non-hydrogen) atoms. The van der Waals surface area contributed by atoms with Gasteiger partial charge in [0, 0.05) is 51.0 Å². The van der Waals surface area contributed by atoms with Gasteiger partial charge in [-0.1, -0.05) is 30.7 Å². The van der Waals surface area contributed by atoms with E-state index in [1.165, 1.54) is 70.3 Å². The van der Waals surface area contributed by atoms with Crippen LogP contribution in [-0.2, 0) is 11.3 Å². The minimum absolute atomic E-state index is 0.130. The second kappa shape index (κ2) is 13.4. The number of hydrogen-bond acceptors (Lipinski definition) is 5. The van der Waals surface area contributed by atoms with Crippen molar-refractivity contribution in [1.29, 1.82) is 0 Å². The topological polar surface area (TPSA) is 36.0 Å². The predicted molar refractivity (Wildman–Crippen MR) is 132 cm³/mol. The summed E-state index contributed by atoms with van der Waals surface area (Å²) in [7, 11) is 2.19. The van der Waals surface area contributed by atoms with Crippen molar-refractivity contribution in [2.45, 2.75) is 65.0 Å². The number of likely N-dealkylation sites (tertiary alicyclic amines) is 2. The summed E-state index contributed by atoms with van der Waals surface area (Å²) in [6.07, 6.45) is 7.85. The van der Waals surface area contributed by atoms with Crippen LogP contribution in [0.25, 0.3) is 0 Å². The molecule has 5 nitrogen and oxygen atoms in total. The summed E-state index contributed by atoms with van der Waals surface area (Å²) in [5.41, 5.74) is 2.06. The lowest BCUT2D eigenvalue weighted by atomic mass is 9.92. The van der Waals surface area contributed by atoms with Crippen molar-refractivity contribution in [2.24, 2.45) is 5.92 Å². The van der Waals surface area contributed by atoms with Crippen LogP contribution in [0.3, 0.4) is 0 Å². The van der Waals surface area contributed by atoms with Crippen LogP contribution in [0.2, 0.25) is 0 Å². The third-order valence-electron chi connectivity index (χ3n) is 7.27. The number of carbonyl (C=O) groups excluding carboxylic acids is 1. The molecule has 2 aliphatic rings. The van der Waals surface area contributed by atoms with Gasteiger partial charge in [-0.25, -0.2) is 0 Å². The molecule has 1 aromatic rings. The zero-order valence-electron chi connectivity index (χ0n) is 20.7. The van der Waals surface area contributed by atoms with Crippen LogP contribution in [0, 0.1) is 5.92 Å². The van der Waals surface area contributed by atoms with Gasteiger partial charge in [-0.3, -0.25) is 9.69 Å². The average Bonchev–Trinajstić information content (AvgIpc) is 2.79. The molecule has 0 aliphatic carbocycles. The fourth-order valence-electron chi connectivity index (χ4n) is 5.16. The molecular formula is C27H45N3O2. The molecule has 0 radical (unpaired) electrons. The largest absolute Gasteiger partial charge is 0.381 e. The Labute approximate surface area is 196 Å². The van der Waals surface area contributed by atoms with E-state index in [-0.39, 0.29) is 5.78 Å². The molecule has 2 atom stereocenters. The molecule has 0 amide bonds. The van der Waals surface area contributed by atoms with Crippen molar-refractivity contribution < 1.29 is 9.53 Å². The van der Waals surface area contributed by atoms with Crippen molar-refractivity contribution in [1.82, 2.24) is 14.7 Å². The zero-order valence-corrected chi connectivity index (χ0v) is 20.7. The summed E-state index contributed by atoms with van der Waals surface area (Å²) < 4.78 is 6.06. The van der Waals surface area contributed by atoms with Gasteiger partial charge in [-0.15, -0.1) is 0 Å². The van der Waals surface area contributed by atoms with Crippen LogP contribution in [0.4, 0.5) is 0 Å². The summed E-state index contributed by atoms with van der Waals surface area (Å²) in [5.74, 6) is 0.846. The Balaban J connectivity index is 1.26. The molecule has 0 N–H and O–H groups in total.